The van der Waals surface area contributed by atoms with E-state index in [-0.39, 0.29) is 11.7 Å². The molecule has 0 saturated heterocycles. The number of nitrogens with zero attached hydrogens (tertiary/aromatic N) is 3. The summed E-state index contributed by atoms with van der Waals surface area (Å²) in [6, 6.07) is 0. The van der Waals surface area contributed by atoms with Crippen LogP contribution in [0.4, 0.5) is 0 Å². The highest BCUT2D eigenvalue weighted by Gasteiger charge is 2.24. The second-order valence-electron chi connectivity index (χ2n) is 6.20. The summed E-state index contributed by atoms with van der Waals surface area (Å²) in [5.74, 6) is 0.206. The fraction of sp³-hybridized carbons (Fsp3) is 0.625. The van der Waals surface area contributed by atoms with Crippen LogP contribution in [0, 0.1) is 12.1 Å². The van der Waals surface area contributed by atoms with Crippen molar-refractivity contribution in [1.29, 1.82) is 0 Å². The Morgan fingerprint density at radius 2 is 2.09 bits per heavy atom. The lowest BCUT2D eigenvalue weighted by Gasteiger charge is -2.28. The number of carbonyl (C=O) groups excluding carboxylic acids is 2. The van der Waals surface area contributed by atoms with Crippen molar-refractivity contribution in [3.63, 3.8) is 0 Å². The van der Waals surface area contributed by atoms with Gasteiger partial charge in [-0.25, -0.2) is 9.97 Å². The molecule has 2 heterocycles. The highest BCUT2D eigenvalue weighted by molar-refractivity contribution is 5.88. The van der Waals surface area contributed by atoms with E-state index in [0.29, 0.717) is 31.6 Å². The van der Waals surface area contributed by atoms with Crippen LogP contribution in [0.5, 0.6) is 0 Å². The number of hydrogen-bond donors (Lipinski definition) is 1. The topological polar surface area (TPSA) is 89.2 Å². The molecule has 22 heavy (non-hydrogen) atoms. The predicted octanol–water partition coefficient (Wildman–Crippen LogP) is 1.23. The normalized spacial score (nSPS) is 18.3. The summed E-state index contributed by atoms with van der Waals surface area (Å²) >= 11 is 0. The Hall–Kier alpha value is -1.98. The summed E-state index contributed by atoms with van der Waals surface area (Å²) in [6.45, 7) is 1.10. The quantitative estimate of drug-likeness (QED) is 0.905. The van der Waals surface area contributed by atoms with Crippen molar-refractivity contribution in [1.82, 2.24) is 14.9 Å². The molecule has 0 spiro atoms. The molecule has 6 nitrogen and oxygen atoms in total. The standard InChI is InChI=1S/C16H21N4O2/c17-15(22)16-18-9-12-7-8-20(10-13(12)19-16)14(21)6-5-11-3-1-2-4-11/h11H,1-8,10H2,(H2,17,22). The lowest BCUT2D eigenvalue weighted by Crippen LogP contribution is -2.37. The Labute approximate surface area is 130 Å². The second-order valence-corrected chi connectivity index (χ2v) is 6.20. The van der Waals surface area contributed by atoms with Gasteiger partial charge in [-0.2, -0.15) is 0 Å². The van der Waals surface area contributed by atoms with Crippen LogP contribution in [-0.4, -0.2) is 33.2 Å². The summed E-state index contributed by atoms with van der Waals surface area (Å²) in [4.78, 5) is 33.3. The van der Waals surface area contributed by atoms with Gasteiger partial charge < -0.3 is 10.6 Å². The summed E-state index contributed by atoms with van der Waals surface area (Å²) in [6.07, 6.45) is 10.2. The van der Waals surface area contributed by atoms with E-state index in [4.69, 9.17) is 5.73 Å². The molecule has 1 radical (unpaired) electrons. The summed E-state index contributed by atoms with van der Waals surface area (Å²) < 4.78 is 0. The van der Waals surface area contributed by atoms with E-state index in [1.807, 2.05) is 4.90 Å². The molecule has 1 saturated carbocycles. The maximum Gasteiger partial charge on any atom is 0.286 e. The van der Waals surface area contributed by atoms with Gasteiger partial charge in [0.1, 0.15) is 0 Å². The Bertz CT molecular complexity index is 582. The van der Waals surface area contributed by atoms with E-state index in [2.05, 4.69) is 16.2 Å². The van der Waals surface area contributed by atoms with E-state index in [1.165, 1.54) is 25.7 Å². The molecule has 0 aromatic carbocycles. The van der Waals surface area contributed by atoms with Crippen LogP contribution in [0.15, 0.2) is 0 Å². The minimum absolute atomic E-state index is 0.0287. The molecule has 1 aromatic rings. The molecule has 2 amide bonds. The molecule has 2 aliphatic rings. The van der Waals surface area contributed by atoms with E-state index in [1.54, 1.807) is 0 Å². The molecule has 0 unspecified atom stereocenters. The molecular weight excluding hydrogens is 280 g/mol. The molecule has 1 aromatic heterocycles. The third-order valence-corrected chi connectivity index (χ3v) is 4.67. The average Bonchev–Trinajstić information content (AvgIpc) is 3.04. The number of hydrogen-bond acceptors (Lipinski definition) is 4. The lowest BCUT2D eigenvalue weighted by molar-refractivity contribution is -0.132. The smallest absolute Gasteiger partial charge is 0.286 e. The van der Waals surface area contributed by atoms with Gasteiger partial charge in [0.05, 0.1) is 18.4 Å². The van der Waals surface area contributed by atoms with Crippen LogP contribution < -0.4 is 5.73 Å². The maximum absolute atomic E-state index is 12.4. The predicted molar refractivity (Wildman–Crippen MR) is 79.7 cm³/mol. The molecule has 0 bridgehead atoms. The molecule has 1 aliphatic carbocycles. The summed E-state index contributed by atoms with van der Waals surface area (Å²) in [5.41, 5.74) is 6.77. The zero-order valence-electron chi connectivity index (χ0n) is 12.7. The number of fused-ring (bicyclic) bond motifs is 1. The van der Waals surface area contributed by atoms with Crippen LogP contribution in [0.3, 0.4) is 0 Å². The highest BCUT2D eigenvalue weighted by atomic mass is 16.2. The number of carbonyl (C=O) groups is 2. The van der Waals surface area contributed by atoms with E-state index >= 15 is 0 Å². The zero-order chi connectivity index (χ0) is 15.5. The number of primary amides is 1. The van der Waals surface area contributed by atoms with E-state index in [0.717, 1.165) is 17.9 Å². The number of amides is 2. The Morgan fingerprint density at radius 3 is 2.82 bits per heavy atom. The fourth-order valence-corrected chi connectivity index (χ4v) is 3.35. The Kier molecular flexibility index (Phi) is 4.36. The lowest BCUT2D eigenvalue weighted by atomic mass is 10.0. The Morgan fingerprint density at radius 1 is 1.32 bits per heavy atom. The van der Waals surface area contributed by atoms with E-state index < -0.39 is 5.91 Å². The monoisotopic (exact) mass is 301 g/mol. The minimum atomic E-state index is -0.663. The molecule has 1 fully saturated rings. The van der Waals surface area contributed by atoms with Gasteiger partial charge in [0.15, 0.2) is 0 Å². The van der Waals surface area contributed by atoms with Crippen molar-refractivity contribution in [2.24, 2.45) is 11.7 Å². The first-order valence-electron chi connectivity index (χ1n) is 7.98. The van der Waals surface area contributed by atoms with E-state index in [9.17, 15) is 9.59 Å². The SMILES string of the molecule is NC(=O)c1n[c]c2c(n1)CN(C(=O)CCC1CCCC1)CC2. The molecule has 2 N–H and O–H groups in total. The van der Waals surface area contributed by atoms with Crippen molar-refractivity contribution in [2.45, 2.75) is 51.5 Å². The second kappa shape index (κ2) is 6.42. The van der Waals surface area contributed by atoms with Gasteiger partial charge in [0, 0.05) is 18.5 Å². The zero-order valence-corrected chi connectivity index (χ0v) is 12.7. The first-order chi connectivity index (χ1) is 10.6. The van der Waals surface area contributed by atoms with Gasteiger partial charge in [-0.05, 0) is 18.8 Å². The van der Waals surface area contributed by atoms with Crippen LogP contribution in [0.2, 0.25) is 0 Å². The largest absolute Gasteiger partial charge is 0.363 e. The number of rotatable bonds is 4. The van der Waals surface area contributed by atoms with Gasteiger partial charge in [-0.3, -0.25) is 9.59 Å². The van der Waals surface area contributed by atoms with Gasteiger partial charge in [0.2, 0.25) is 11.7 Å². The maximum atomic E-state index is 12.4. The number of aromatic nitrogens is 2. The molecule has 0 atom stereocenters. The van der Waals surface area contributed by atoms with Crippen molar-refractivity contribution >= 4 is 11.8 Å². The van der Waals surface area contributed by atoms with Gasteiger partial charge in [0.25, 0.3) is 5.91 Å². The van der Waals surface area contributed by atoms with Crippen molar-refractivity contribution in [3.05, 3.63) is 23.3 Å². The molecule has 1 aliphatic heterocycles. The van der Waals surface area contributed by atoms with Crippen LogP contribution in [-0.2, 0) is 17.8 Å². The molecule has 3 rings (SSSR count). The molecule has 6 heteroatoms. The first kappa shape index (κ1) is 14.9. The summed E-state index contributed by atoms with van der Waals surface area (Å²) in [5, 5.41) is 0. The van der Waals surface area contributed by atoms with Crippen molar-refractivity contribution < 1.29 is 9.59 Å². The minimum Gasteiger partial charge on any atom is -0.363 e. The average molecular weight is 301 g/mol. The first-order valence-corrected chi connectivity index (χ1v) is 7.98. The Balaban J connectivity index is 1.61. The summed E-state index contributed by atoms with van der Waals surface area (Å²) in [7, 11) is 0. The third kappa shape index (κ3) is 3.26. The van der Waals surface area contributed by atoms with Crippen molar-refractivity contribution in [3.8, 4) is 0 Å². The highest BCUT2D eigenvalue weighted by Crippen LogP contribution is 2.29. The van der Waals surface area contributed by atoms with Gasteiger partial charge in [-0.15, -0.1) is 0 Å². The van der Waals surface area contributed by atoms with Crippen LogP contribution >= 0.6 is 0 Å². The fourth-order valence-electron chi connectivity index (χ4n) is 3.35. The number of nitrogens with two attached hydrogens (primary N) is 1. The van der Waals surface area contributed by atoms with Gasteiger partial charge >= 0.3 is 0 Å². The van der Waals surface area contributed by atoms with Crippen LogP contribution in [0.1, 0.15) is 60.4 Å². The third-order valence-electron chi connectivity index (χ3n) is 4.67. The van der Waals surface area contributed by atoms with Crippen molar-refractivity contribution in [2.75, 3.05) is 6.54 Å². The van der Waals surface area contributed by atoms with Gasteiger partial charge in [-0.1, -0.05) is 25.7 Å². The molecular formula is C16H21N4O2. The molecule has 117 valence electrons. The van der Waals surface area contributed by atoms with Crippen LogP contribution in [0.25, 0.3) is 0 Å².